The van der Waals surface area contributed by atoms with Gasteiger partial charge in [0.05, 0.1) is 14.2 Å². The number of ether oxygens (including phenoxy) is 3. The van der Waals surface area contributed by atoms with Crippen molar-refractivity contribution < 1.29 is 19.0 Å². The summed E-state index contributed by atoms with van der Waals surface area (Å²) in [5.41, 5.74) is 3.85. The van der Waals surface area contributed by atoms with E-state index in [1.165, 1.54) is 0 Å². The van der Waals surface area contributed by atoms with E-state index in [9.17, 15) is 4.79 Å². The monoisotopic (exact) mass is 382 g/mol. The molecule has 3 rings (SSSR count). The van der Waals surface area contributed by atoms with Gasteiger partial charge >= 0.3 is 0 Å². The second-order valence-corrected chi connectivity index (χ2v) is 7.42. The molecule has 0 amide bonds. The first-order valence-electron chi connectivity index (χ1n) is 8.56. The Kier molecular flexibility index (Phi) is 5.81. The molecule has 5 heteroatoms. The van der Waals surface area contributed by atoms with Gasteiger partial charge < -0.3 is 14.2 Å². The van der Waals surface area contributed by atoms with Crippen molar-refractivity contribution in [3.63, 3.8) is 0 Å². The Bertz CT molecular complexity index is 959. The summed E-state index contributed by atoms with van der Waals surface area (Å²) in [6, 6.07) is 13.6. The molecule has 0 aliphatic heterocycles. The highest BCUT2D eigenvalue weighted by Gasteiger charge is 2.14. The predicted octanol–water partition coefficient (Wildman–Crippen LogP) is 5.44. The van der Waals surface area contributed by atoms with E-state index in [0.717, 1.165) is 44.0 Å². The summed E-state index contributed by atoms with van der Waals surface area (Å²) >= 11 is 1.61. The average molecular weight is 382 g/mol. The SMILES string of the molecule is COc1ccc(COc2cccc(C)c2-c2cc(C=O)c(C)s2)cc1OC. The van der Waals surface area contributed by atoms with Crippen LogP contribution in [0.5, 0.6) is 17.2 Å². The van der Waals surface area contributed by atoms with E-state index in [0.29, 0.717) is 18.1 Å². The van der Waals surface area contributed by atoms with Crippen LogP contribution < -0.4 is 14.2 Å². The molecule has 0 aliphatic rings. The van der Waals surface area contributed by atoms with Crippen LogP contribution >= 0.6 is 11.3 Å². The van der Waals surface area contributed by atoms with E-state index >= 15 is 0 Å². The molecular formula is C22H22O4S. The number of aryl methyl sites for hydroxylation is 2. The Morgan fingerprint density at radius 3 is 2.41 bits per heavy atom. The van der Waals surface area contributed by atoms with Crippen LogP contribution in [0.15, 0.2) is 42.5 Å². The van der Waals surface area contributed by atoms with Gasteiger partial charge in [-0.1, -0.05) is 18.2 Å². The van der Waals surface area contributed by atoms with Crippen molar-refractivity contribution in [1.82, 2.24) is 0 Å². The largest absolute Gasteiger partial charge is 0.493 e. The number of carbonyl (C=O) groups excluding carboxylic acids is 1. The molecule has 0 fully saturated rings. The van der Waals surface area contributed by atoms with Gasteiger partial charge in [0, 0.05) is 20.9 Å². The summed E-state index contributed by atoms with van der Waals surface area (Å²) in [4.78, 5) is 13.3. The minimum atomic E-state index is 0.404. The molecule has 0 saturated heterocycles. The van der Waals surface area contributed by atoms with E-state index in [-0.39, 0.29) is 0 Å². The zero-order valence-electron chi connectivity index (χ0n) is 15.9. The van der Waals surface area contributed by atoms with Gasteiger partial charge in [-0.25, -0.2) is 0 Å². The second kappa shape index (κ2) is 8.27. The Morgan fingerprint density at radius 1 is 0.963 bits per heavy atom. The molecule has 27 heavy (non-hydrogen) atoms. The number of methoxy groups -OCH3 is 2. The lowest BCUT2D eigenvalue weighted by Gasteiger charge is -2.14. The number of aldehydes is 1. The number of thiophene rings is 1. The molecule has 0 aliphatic carbocycles. The highest BCUT2D eigenvalue weighted by atomic mass is 32.1. The van der Waals surface area contributed by atoms with Gasteiger partial charge in [0.25, 0.3) is 0 Å². The molecule has 0 bridgehead atoms. The molecule has 0 saturated carbocycles. The third-order valence-corrected chi connectivity index (χ3v) is 5.49. The fraction of sp³-hybridized carbons (Fsp3) is 0.227. The minimum Gasteiger partial charge on any atom is -0.493 e. The first kappa shape index (κ1) is 19.0. The molecule has 1 heterocycles. The standard InChI is InChI=1S/C22H22O4S/c1-14-6-5-7-19(22(14)21-11-17(12-23)15(2)27-21)26-13-16-8-9-18(24-3)20(10-16)25-4/h5-12H,13H2,1-4H3. The van der Waals surface area contributed by atoms with Gasteiger partial charge in [0.2, 0.25) is 0 Å². The van der Waals surface area contributed by atoms with Gasteiger partial charge in [-0.2, -0.15) is 0 Å². The van der Waals surface area contributed by atoms with Crippen LogP contribution in [-0.4, -0.2) is 20.5 Å². The van der Waals surface area contributed by atoms with Crippen LogP contribution in [0.2, 0.25) is 0 Å². The number of benzene rings is 2. The van der Waals surface area contributed by atoms with Crippen molar-refractivity contribution in [2.75, 3.05) is 14.2 Å². The van der Waals surface area contributed by atoms with Crippen LogP contribution in [0.3, 0.4) is 0 Å². The summed E-state index contributed by atoms with van der Waals surface area (Å²) in [7, 11) is 3.23. The maximum absolute atomic E-state index is 11.2. The normalized spacial score (nSPS) is 10.5. The first-order chi connectivity index (χ1) is 13.1. The molecule has 2 aromatic carbocycles. The second-order valence-electron chi connectivity index (χ2n) is 6.17. The Labute approximate surface area is 163 Å². The lowest BCUT2D eigenvalue weighted by Crippen LogP contribution is -1.99. The van der Waals surface area contributed by atoms with E-state index in [1.807, 2.05) is 56.3 Å². The van der Waals surface area contributed by atoms with Crippen molar-refractivity contribution in [1.29, 1.82) is 0 Å². The highest BCUT2D eigenvalue weighted by Crippen LogP contribution is 2.39. The van der Waals surface area contributed by atoms with E-state index in [4.69, 9.17) is 14.2 Å². The summed E-state index contributed by atoms with van der Waals surface area (Å²) in [6.45, 7) is 4.41. The molecule has 0 unspecified atom stereocenters. The fourth-order valence-electron chi connectivity index (χ4n) is 2.94. The third kappa shape index (κ3) is 3.98. The number of hydrogen-bond donors (Lipinski definition) is 0. The van der Waals surface area contributed by atoms with Crippen LogP contribution in [0, 0.1) is 13.8 Å². The Balaban J connectivity index is 1.90. The smallest absolute Gasteiger partial charge is 0.161 e. The van der Waals surface area contributed by atoms with E-state index in [1.54, 1.807) is 25.6 Å². The lowest BCUT2D eigenvalue weighted by atomic mass is 10.1. The zero-order valence-corrected chi connectivity index (χ0v) is 16.7. The molecule has 1 aromatic heterocycles. The minimum absolute atomic E-state index is 0.404. The van der Waals surface area contributed by atoms with Crippen molar-refractivity contribution in [3.8, 4) is 27.7 Å². The van der Waals surface area contributed by atoms with Crippen molar-refractivity contribution >= 4 is 17.6 Å². The van der Waals surface area contributed by atoms with Crippen LogP contribution in [0.4, 0.5) is 0 Å². The van der Waals surface area contributed by atoms with E-state index < -0.39 is 0 Å². The van der Waals surface area contributed by atoms with Gasteiger partial charge in [0.1, 0.15) is 12.4 Å². The van der Waals surface area contributed by atoms with Crippen molar-refractivity contribution in [2.24, 2.45) is 0 Å². The number of hydrogen-bond acceptors (Lipinski definition) is 5. The molecular weight excluding hydrogens is 360 g/mol. The molecule has 0 radical (unpaired) electrons. The number of carbonyl (C=O) groups is 1. The predicted molar refractivity (Wildman–Crippen MR) is 108 cm³/mol. The fourth-order valence-corrected chi connectivity index (χ4v) is 4.05. The molecule has 4 nitrogen and oxygen atoms in total. The zero-order chi connectivity index (χ0) is 19.4. The van der Waals surface area contributed by atoms with Gasteiger partial charge in [-0.15, -0.1) is 11.3 Å². The summed E-state index contributed by atoms with van der Waals surface area (Å²) < 4.78 is 16.8. The average Bonchev–Trinajstić information content (AvgIpc) is 3.06. The molecule has 0 N–H and O–H groups in total. The van der Waals surface area contributed by atoms with Gasteiger partial charge in [-0.05, 0) is 49.2 Å². The van der Waals surface area contributed by atoms with Crippen molar-refractivity contribution in [3.05, 3.63) is 64.0 Å². The van der Waals surface area contributed by atoms with Crippen LogP contribution in [-0.2, 0) is 6.61 Å². The maximum atomic E-state index is 11.2. The quantitative estimate of drug-likeness (QED) is 0.510. The lowest BCUT2D eigenvalue weighted by molar-refractivity contribution is 0.112. The maximum Gasteiger partial charge on any atom is 0.161 e. The summed E-state index contributed by atoms with van der Waals surface area (Å²) in [5.74, 6) is 2.16. The molecule has 0 spiro atoms. The number of rotatable bonds is 7. The van der Waals surface area contributed by atoms with Gasteiger partial charge in [0.15, 0.2) is 17.8 Å². The van der Waals surface area contributed by atoms with Gasteiger partial charge in [-0.3, -0.25) is 4.79 Å². The molecule has 3 aromatic rings. The third-order valence-electron chi connectivity index (χ3n) is 4.41. The molecule has 0 atom stereocenters. The van der Waals surface area contributed by atoms with Crippen molar-refractivity contribution in [2.45, 2.75) is 20.5 Å². The summed E-state index contributed by atoms with van der Waals surface area (Å²) in [6.07, 6.45) is 0.901. The summed E-state index contributed by atoms with van der Waals surface area (Å²) in [5, 5.41) is 0. The Hall–Kier alpha value is -2.79. The Morgan fingerprint density at radius 2 is 1.74 bits per heavy atom. The topological polar surface area (TPSA) is 44.8 Å². The van der Waals surface area contributed by atoms with E-state index in [2.05, 4.69) is 0 Å². The first-order valence-corrected chi connectivity index (χ1v) is 9.38. The van der Waals surface area contributed by atoms with Crippen LogP contribution in [0.1, 0.15) is 26.4 Å². The highest BCUT2D eigenvalue weighted by molar-refractivity contribution is 7.15. The van der Waals surface area contributed by atoms with Crippen LogP contribution in [0.25, 0.3) is 10.4 Å². The molecule has 140 valence electrons.